The molecule has 0 aromatic rings. The van der Waals surface area contributed by atoms with Gasteiger partial charge >= 0.3 is 26.9 Å². The summed E-state index contributed by atoms with van der Waals surface area (Å²) in [6, 6.07) is 2.80. The van der Waals surface area contributed by atoms with Gasteiger partial charge in [0.05, 0.1) is 9.52 Å². The Morgan fingerprint density at radius 1 is 0.605 bits per heavy atom. The lowest BCUT2D eigenvalue weighted by atomic mass is 10.1. The van der Waals surface area contributed by atoms with Gasteiger partial charge in [0, 0.05) is 80.3 Å². The topological polar surface area (TPSA) is 97.9 Å². The lowest BCUT2D eigenvalue weighted by Crippen LogP contribution is -2.49. The number of unbranched alkanes of at least 4 members (excludes halogenated alkanes) is 4. The molecule has 1 unspecified atom stereocenters. The third-order valence-corrected chi connectivity index (χ3v) is 15.9. The fourth-order valence-electron chi connectivity index (χ4n) is 4.39. The molecule has 0 spiro atoms. The van der Waals surface area contributed by atoms with Crippen molar-refractivity contribution in [2.45, 2.75) is 87.8 Å². The van der Waals surface area contributed by atoms with Gasteiger partial charge in [0.15, 0.2) is 0 Å². The minimum atomic E-state index is -2.53. The van der Waals surface area contributed by atoms with Crippen molar-refractivity contribution >= 4 is 36.4 Å². The van der Waals surface area contributed by atoms with E-state index >= 15 is 0 Å². The fraction of sp³-hybridized carbons (Fsp3) is 1.00. The highest BCUT2D eigenvalue weighted by molar-refractivity contribution is 6.60. The van der Waals surface area contributed by atoms with E-state index in [1.54, 1.807) is 56.9 Å². The number of rotatable bonds is 28. The molecule has 227 valence electrons. The first kappa shape index (κ1) is 38.5. The third-order valence-electron chi connectivity index (χ3n) is 6.85. The fourth-order valence-corrected chi connectivity index (χ4v) is 10.6. The van der Waals surface area contributed by atoms with Crippen LogP contribution in [0.2, 0.25) is 23.7 Å². The van der Waals surface area contributed by atoms with Crippen LogP contribution >= 0.6 is 0 Å². The average molecular weight is 614 g/mol. The Kier molecular flexibility index (Phi) is 24.4. The molecule has 0 rings (SSSR count). The van der Waals surface area contributed by atoms with Gasteiger partial charge in [-0.25, -0.2) is 0 Å². The normalized spacial score (nSPS) is 13.7. The van der Waals surface area contributed by atoms with Gasteiger partial charge in [-0.15, -0.1) is 0 Å². The highest BCUT2D eigenvalue weighted by Crippen LogP contribution is 2.20. The number of hydrogen-bond acceptors (Lipinski definition) is 10. The molecular weight excluding hydrogens is 557 g/mol. The molecule has 0 fully saturated rings. The minimum absolute atomic E-state index is 0.284. The monoisotopic (exact) mass is 613 g/mol. The van der Waals surface area contributed by atoms with E-state index in [-0.39, 0.29) is 5.79 Å². The van der Waals surface area contributed by atoms with Crippen LogP contribution in [0.5, 0.6) is 0 Å². The number of nitrogens with one attached hydrogen (secondary N) is 2. The van der Waals surface area contributed by atoms with Crippen molar-refractivity contribution in [2.24, 2.45) is 0 Å². The highest BCUT2D eigenvalue weighted by atomic mass is 28.4. The molecule has 0 saturated carbocycles. The van der Waals surface area contributed by atoms with Gasteiger partial charge in [0.25, 0.3) is 0 Å². The standard InChI is InChI=1S/C24H57N2O8Si4/c1-23(36(27-2)28-3)17-13-11-10-12-14-20-35-24(25-18-15-21-37(29-4,30-5)31-6)26-19-16-22-38(32-7,33-8)34-9/h23-26H,10-22H2,1-9H3. The molecule has 10 nitrogen and oxygen atoms in total. The first-order valence-electron chi connectivity index (χ1n) is 13.8. The van der Waals surface area contributed by atoms with E-state index in [1.807, 2.05) is 0 Å². The van der Waals surface area contributed by atoms with Crippen molar-refractivity contribution in [3.63, 3.8) is 0 Å². The summed E-state index contributed by atoms with van der Waals surface area (Å²) >= 11 is 0. The van der Waals surface area contributed by atoms with Crippen molar-refractivity contribution in [3.05, 3.63) is 0 Å². The highest BCUT2D eigenvalue weighted by Gasteiger charge is 2.37. The van der Waals surface area contributed by atoms with Gasteiger partial charge in [-0.1, -0.05) is 45.1 Å². The maximum atomic E-state index is 5.55. The molecule has 0 bridgehead atoms. The Hall–Kier alpha value is 0.468. The van der Waals surface area contributed by atoms with Crippen LogP contribution in [0.15, 0.2) is 0 Å². The van der Waals surface area contributed by atoms with Gasteiger partial charge in [-0.2, -0.15) is 0 Å². The molecule has 1 atom stereocenters. The maximum absolute atomic E-state index is 5.55. The Morgan fingerprint density at radius 2 is 1.03 bits per heavy atom. The zero-order valence-corrected chi connectivity index (χ0v) is 29.6. The largest absolute Gasteiger partial charge is 0.500 e. The van der Waals surface area contributed by atoms with E-state index in [2.05, 4.69) is 17.6 Å². The summed E-state index contributed by atoms with van der Waals surface area (Å²) in [5.41, 5.74) is 0.531. The Bertz CT molecular complexity index is 489. The summed E-state index contributed by atoms with van der Waals surface area (Å²) in [6.45, 7) is 4.01. The lowest BCUT2D eigenvalue weighted by Gasteiger charge is -2.26. The summed E-state index contributed by atoms with van der Waals surface area (Å²) < 4.78 is 44.2. The molecule has 0 heterocycles. The van der Waals surface area contributed by atoms with Crippen LogP contribution in [-0.2, 0) is 35.4 Å². The summed E-state index contributed by atoms with van der Waals surface area (Å²) in [4.78, 5) is 0. The molecular formula is C24H57N2O8Si4. The van der Waals surface area contributed by atoms with Crippen LogP contribution in [0.4, 0.5) is 0 Å². The molecule has 3 radical (unpaired) electrons. The molecule has 0 amide bonds. The van der Waals surface area contributed by atoms with E-state index in [1.165, 1.54) is 44.6 Å². The zero-order chi connectivity index (χ0) is 28.7. The lowest BCUT2D eigenvalue weighted by molar-refractivity contribution is 0.122. The SMILES string of the molecule is CO[Si](OC)C(C)CCCCCCC[Si]C(NCCC[Si](OC)(OC)OC)NCCC[Si](OC)(OC)OC. The summed E-state index contributed by atoms with van der Waals surface area (Å²) in [7, 11) is 8.16. The second-order valence-electron chi connectivity index (χ2n) is 9.28. The summed E-state index contributed by atoms with van der Waals surface area (Å²) in [6.07, 6.45) is 9.43. The molecule has 0 aromatic heterocycles. The van der Waals surface area contributed by atoms with Crippen molar-refractivity contribution < 1.29 is 35.4 Å². The van der Waals surface area contributed by atoms with Crippen LogP contribution in [0.3, 0.4) is 0 Å². The van der Waals surface area contributed by atoms with Crippen LogP contribution in [0.25, 0.3) is 0 Å². The first-order chi connectivity index (χ1) is 18.3. The van der Waals surface area contributed by atoms with Gasteiger partial charge < -0.3 is 46.0 Å². The first-order valence-corrected chi connectivity index (χ1v) is 20.3. The average Bonchev–Trinajstić information content (AvgIpc) is 2.95. The summed E-state index contributed by atoms with van der Waals surface area (Å²) in [5.74, 6) is 0.284. The van der Waals surface area contributed by atoms with E-state index in [4.69, 9.17) is 35.4 Å². The van der Waals surface area contributed by atoms with Crippen LogP contribution in [0.1, 0.15) is 58.3 Å². The molecule has 38 heavy (non-hydrogen) atoms. The van der Waals surface area contributed by atoms with E-state index in [9.17, 15) is 0 Å². The molecule has 0 aliphatic heterocycles. The van der Waals surface area contributed by atoms with Gasteiger partial charge in [0.1, 0.15) is 0 Å². The molecule has 0 aliphatic rings. The smallest absolute Gasteiger partial charge is 0.397 e. The van der Waals surface area contributed by atoms with Crippen molar-refractivity contribution in [1.29, 1.82) is 0 Å². The molecule has 0 saturated heterocycles. The second-order valence-corrected chi connectivity index (χ2v) is 19.4. The van der Waals surface area contributed by atoms with E-state index in [0.29, 0.717) is 5.54 Å². The van der Waals surface area contributed by atoms with E-state index < -0.39 is 26.9 Å². The predicted octanol–water partition coefficient (Wildman–Crippen LogP) is 3.62. The third kappa shape index (κ3) is 16.0. The molecule has 2 N–H and O–H groups in total. The van der Waals surface area contributed by atoms with E-state index in [0.717, 1.165) is 47.5 Å². The van der Waals surface area contributed by atoms with Gasteiger partial charge in [-0.3, -0.25) is 0 Å². The molecule has 14 heteroatoms. The summed E-state index contributed by atoms with van der Waals surface area (Å²) in [5, 5.41) is 7.41. The zero-order valence-electron chi connectivity index (χ0n) is 25.6. The van der Waals surface area contributed by atoms with Crippen LogP contribution in [0, 0.1) is 0 Å². The van der Waals surface area contributed by atoms with Gasteiger partial charge in [-0.05, 0) is 32.4 Å². The maximum Gasteiger partial charge on any atom is 0.500 e. The Morgan fingerprint density at radius 3 is 1.45 bits per heavy atom. The quantitative estimate of drug-likeness (QED) is 0.0774. The van der Waals surface area contributed by atoms with Crippen LogP contribution in [-0.4, -0.2) is 112 Å². The van der Waals surface area contributed by atoms with Crippen molar-refractivity contribution in [1.82, 2.24) is 10.6 Å². The minimum Gasteiger partial charge on any atom is -0.397 e. The molecule has 0 aromatic carbocycles. The number of hydrogen-bond donors (Lipinski definition) is 2. The second kappa shape index (κ2) is 24.1. The molecule has 0 aliphatic carbocycles. The van der Waals surface area contributed by atoms with Crippen molar-refractivity contribution in [3.8, 4) is 0 Å². The van der Waals surface area contributed by atoms with Crippen LogP contribution < -0.4 is 10.6 Å². The predicted molar refractivity (Wildman–Crippen MR) is 160 cm³/mol. The Balaban J connectivity index is 4.44. The van der Waals surface area contributed by atoms with Gasteiger partial charge in [0.2, 0.25) is 0 Å². The Labute approximate surface area is 239 Å². The van der Waals surface area contributed by atoms with Crippen molar-refractivity contribution in [2.75, 3.05) is 70.0 Å².